The average Bonchev–Trinajstić information content (AvgIpc) is 2.05. The summed E-state index contributed by atoms with van der Waals surface area (Å²) in [5.41, 5.74) is 0. The van der Waals surface area contributed by atoms with E-state index >= 15 is 0 Å². The fourth-order valence-electron chi connectivity index (χ4n) is 1.14. The third kappa shape index (κ3) is 1.89. The number of hydrogen-bond donors (Lipinski definition) is 1. The number of thiol groups is 1. The van der Waals surface area contributed by atoms with Crippen molar-refractivity contribution >= 4 is 21.8 Å². The minimum Gasteiger partial charge on any atom is -0.384 e. The minimum atomic E-state index is -2.81. The molecule has 3 nitrogen and oxygen atoms in total. The van der Waals surface area contributed by atoms with Gasteiger partial charge in [0.2, 0.25) is 0 Å². The van der Waals surface area contributed by atoms with Crippen molar-refractivity contribution in [1.82, 2.24) is 0 Å². The Hall–Kier alpha value is -1.29. The maximum Gasteiger partial charge on any atom is 0.299 e. The summed E-state index contributed by atoms with van der Waals surface area (Å²) in [6.45, 7) is 0. The Balaban J connectivity index is 0.000000845. The van der Waals surface area contributed by atoms with E-state index in [0.29, 0.717) is 5.75 Å². The van der Waals surface area contributed by atoms with E-state index < -0.39 is 11.0 Å². The molecule has 3 aromatic carbocycles. The highest BCUT2D eigenvalue weighted by Crippen LogP contribution is 2.25. The quantitative estimate of drug-likeness (QED) is 0.748. The third-order valence-corrected chi connectivity index (χ3v) is 2.01. The van der Waals surface area contributed by atoms with Crippen LogP contribution in [0, 0.1) is 0 Å². The standard InChI is InChI=1S/C8H6O3S.CH4/c9-12(10)11-8-5-6-1-3-7(8)4-2-6;/h1-5,12H;1H4. The van der Waals surface area contributed by atoms with E-state index in [-0.39, 0.29) is 7.43 Å². The number of benzene rings is 3. The molecular weight excluding hydrogens is 188 g/mol. The molecule has 0 aliphatic carbocycles. The van der Waals surface area contributed by atoms with Gasteiger partial charge in [0, 0.05) is 5.39 Å². The normalized spacial score (nSPS) is 10.2. The van der Waals surface area contributed by atoms with Gasteiger partial charge in [-0.25, -0.2) is 0 Å². The summed E-state index contributed by atoms with van der Waals surface area (Å²) in [4.78, 5) is 0. The van der Waals surface area contributed by atoms with Crippen LogP contribution in [0.4, 0.5) is 0 Å². The summed E-state index contributed by atoms with van der Waals surface area (Å²) in [6, 6.07) is 9.15. The fraction of sp³-hybridized carbons (Fsp3) is 0.111. The zero-order chi connectivity index (χ0) is 8.55. The van der Waals surface area contributed by atoms with Gasteiger partial charge in [-0.1, -0.05) is 31.7 Å². The van der Waals surface area contributed by atoms with Crippen LogP contribution in [0.25, 0.3) is 10.8 Å². The Morgan fingerprint density at radius 2 is 1.69 bits per heavy atom. The first-order valence-electron chi connectivity index (χ1n) is 3.40. The van der Waals surface area contributed by atoms with Crippen molar-refractivity contribution in [3.05, 3.63) is 30.3 Å². The largest absolute Gasteiger partial charge is 0.384 e. The molecule has 13 heavy (non-hydrogen) atoms. The van der Waals surface area contributed by atoms with Gasteiger partial charge in [0.05, 0.1) is 0 Å². The molecule has 0 unspecified atom stereocenters. The van der Waals surface area contributed by atoms with Gasteiger partial charge in [0.25, 0.3) is 11.0 Å². The number of hydrogen-bond acceptors (Lipinski definition) is 3. The molecule has 4 heteroatoms. The highest BCUT2D eigenvalue weighted by molar-refractivity contribution is 7.67. The highest BCUT2D eigenvalue weighted by Gasteiger charge is 2.01. The molecule has 0 aliphatic heterocycles. The van der Waals surface area contributed by atoms with E-state index in [1.807, 2.05) is 24.3 Å². The van der Waals surface area contributed by atoms with Crippen LogP contribution in [-0.2, 0) is 11.0 Å². The average molecular weight is 198 g/mol. The second kappa shape index (κ2) is 3.62. The molecule has 0 saturated heterocycles. The molecule has 0 heterocycles. The SMILES string of the molecule is C.O=[SH](=O)Oc1cc2ccc1cc2. The Morgan fingerprint density at radius 1 is 1.08 bits per heavy atom. The Morgan fingerprint density at radius 3 is 2.08 bits per heavy atom. The third-order valence-electron chi connectivity index (χ3n) is 1.67. The Labute approximate surface area is 78.4 Å². The van der Waals surface area contributed by atoms with Crippen LogP contribution in [-0.4, -0.2) is 8.42 Å². The Kier molecular flexibility index (Phi) is 2.72. The van der Waals surface area contributed by atoms with Gasteiger partial charge in [-0.05, 0) is 11.5 Å². The monoisotopic (exact) mass is 198 g/mol. The van der Waals surface area contributed by atoms with Gasteiger partial charge >= 0.3 is 0 Å². The van der Waals surface area contributed by atoms with Crippen LogP contribution in [0.2, 0.25) is 0 Å². The van der Waals surface area contributed by atoms with Crippen LogP contribution in [0.1, 0.15) is 7.43 Å². The summed E-state index contributed by atoms with van der Waals surface area (Å²) in [7, 11) is -2.81. The molecule has 0 N–H and O–H groups in total. The molecule has 2 bridgehead atoms. The van der Waals surface area contributed by atoms with E-state index in [4.69, 9.17) is 0 Å². The summed E-state index contributed by atoms with van der Waals surface area (Å²) in [5.74, 6) is 0.408. The van der Waals surface area contributed by atoms with Gasteiger partial charge < -0.3 is 4.18 Å². The van der Waals surface area contributed by atoms with Crippen molar-refractivity contribution in [2.45, 2.75) is 7.43 Å². The van der Waals surface area contributed by atoms with E-state index in [9.17, 15) is 8.42 Å². The van der Waals surface area contributed by atoms with Crippen LogP contribution in [0.5, 0.6) is 5.75 Å². The second-order valence-electron chi connectivity index (χ2n) is 2.45. The van der Waals surface area contributed by atoms with Crippen molar-refractivity contribution < 1.29 is 12.6 Å². The summed E-state index contributed by atoms with van der Waals surface area (Å²) < 4.78 is 25.1. The zero-order valence-corrected chi connectivity index (χ0v) is 6.95. The van der Waals surface area contributed by atoms with E-state index in [1.165, 1.54) is 0 Å². The fourth-order valence-corrected chi connectivity index (χ4v) is 1.46. The smallest absolute Gasteiger partial charge is 0.299 e. The first kappa shape index (κ1) is 9.80. The maximum atomic E-state index is 10.2. The Bertz CT molecular complexity index is 434. The highest BCUT2D eigenvalue weighted by atomic mass is 32.2. The lowest BCUT2D eigenvalue weighted by Crippen LogP contribution is -1.91. The van der Waals surface area contributed by atoms with Gasteiger partial charge in [-0.15, -0.1) is 0 Å². The maximum absolute atomic E-state index is 10.2. The van der Waals surface area contributed by atoms with E-state index in [2.05, 4.69) is 4.18 Å². The van der Waals surface area contributed by atoms with Crippen LogP contribution in [0.3, 0.4) is 0 Å². The molecule has 0 saturated carbocycles. The van der Waals surface area contributed by atoms with Crippen molar-refractivity contribution in [1.29, 1.82) is 0 Å². The molecular formula is C9H10O3S. The summed E-state index contributed by atoms with van der Waals surface area (Å²) >= 11 is 0. The molecule has 0 aliphatic rings. The molecule has 0 radical (unpaired) electrons. The lowest BCUT2D eigenvalue weighted by atomic mass is 10.1. The first-order valence-corrected chi connectivity index (χ1v) is 4.50. The van der Waals surface area contributed by atoms with Gasteiger partial charge in [-0.2, -0.15) is 8.42 Å². The molecule has 3 rings (SSSR count). The predicted molar refractivity (Wildman–Crippen MR) is 52.8 cm³/mol. The molecule has 70 valence electrons. The molecule has 0 fully saturated rings. The van der Waals surface area contributed by atoms with Crippen LogP contribution in [0.15, 0.2) is 30.3 Å². The molecule has 0 spiro atoms. The number of rotatable bonds is 2. The zero-order valence-electron chi connectivity index (χ0n) is 6.06. The lowest BCUT2D eigenvalue weighted by Gasteiger charge is -2.03. The minimum absolute atomic E-state index is 0. The van der Waals surface area contributed by atoms with Gasteiger partial charge in [0.15, 0.2) is 0 Å². The lowest BCUT2D eigenvalue weighted by molar-refractivity contribution is 0.513. The predicted octanol–water partition coefficient (Wildman–Crippen LogP) is 1.82. The first-order chi connectivity index (χ1) is 5.75. The van der Waals surface area contributed by atoms with E-state index in [1.54, 1.807) is 6.07 Å². The molecule has 0 amide bonds. The van der Waals surface area contributed by atoms with Crippen molar-refractivity contribution in [3.63, 3.8) is 0 Å². The molecule has 0 aromatic heterocycles. The van der Waals surface area contributed by atoms with Crippen LogP contribution < -0.4 is 4.18 Å². The topological polar surface area (TPSA) is 43.4 Å². The summed E-state index contributed by atoms with van der Waals surface area (Å²) in [6.07, 6.45) is 0. The van der Waals surface area contributed by atoms with E-state index in [0.717, 1.165) is 10.8 Å². The molecule has 3 aromatic rings. The second-order valence-corrected chi connectivity index (χ2v) is 3.08. The van der Waals surface area contributed by atoms with Gasteiger partial charge in [-0.3, -0.25) is 0 Å². The van der Waals surface area contributed by atoms with Crippen molar-refractivity contribution in [2.24, 2.45) is 0 Å². The molecule has 0 atom stereocenters. The van der Waals surface area contributed by atoms with Crippen molar-refractivity contribution in [3.8, 4) is 5.75 Å². The van der Waals surface area contributed by atoms with Crippen molar-refractivity contribution in [2.75, 3.05) is 0 Å². The number of fused-ring (bicyclic) bond motifs is 3. The van der Waals surface area contributed by atoms with Gasteiger partial charge in [0.1, 0.15) is 5.75 Å². The summed E-state index contributed by atoms with van der Waals surface area (Å²) in [5, 5.41) is 1.75. The van der Waals surface area contributed by atoms with Crippen LogP contribution >= 0.6 is 0 Å².